The van der Waals surface area contributed by atoms with Gasteiger partial charge in [0, 0.05) is 18.8 Å². The summed E-state index contributed by atoms with van der Waals surface area (Å²) in [6.07, 6.45) is 3.41. The third kappa shape index (κ3) is 4.11. The van der Waals surface area contributed by atoms with E-state index in [1.165, 1.54) is 6.26 Å². The van der Waals surface area contributed by atoms with Crippen molar-refractivity contribution in [3.05, 3.63) is 23.8 Å². The smallest absolute Gasteiger partial charge is 0.161 e. The number of ether oxygens (including phenoxy) is 2. The number of benzene rings is 1. The van der Waals surface area contributed by atoms with Crippen molar-refractivity contribution in [1.82, 2.24) is 4.90 Å². The van der Waals surface area contributed by atoms with Crippen LogP contribution in [0.3, 0.4) is 0 Å². The van der Waals surface area contributed by atoms with E-state index in [-0.39, 0.29) is 11.8 Å². The second kappa shape index (κ2) is 6.66. The van der Waals surface area contributed by atoms with Crippen LogP contribution in [0.1, 0.15) is 24.4 Å². The zero-order valence-electron chi connectivity index (χ0n) is 12.8. The van der Waals surface area contributed by atoms with Crippen molar-refractivity contribution in [3.63, 3.8) is 0 Å². The SMILES string of the molecule is COc1ccc(C2CCCN2CCS(C)(=O)=O)cc1OC. The molecule has 1 aliphatic rings. The lowest BCUT2D eigenvalue weighted by Gasteiger charge is -2.25. The molecule has 1 unspecified atom stereocenters. The highest BCUT2D eigenvalue weighted by Gasteiger charge is 2.27. The molecule has 1 fully saturated rings. The largest absolute Gasteiger partial charge is 0.493 e. The maximum absolute atomic E-state index is 11.4. The molecule has 2 rings (SSSR count). The molecule has 0 aromatic heterocycles. The van der Waals surface area contributed by atoms with Gasteiger partial charge in [-0.3, -0.25) is 4.90 Å². The zero-order valence-corrected chi connectivity index (χ0v) is 13.6. The van der Waals surface area contributed by atoms with E-state index in [0.29, 0.717) is 18.0 Å². The van der Waals surface area contributed by atoms with Crippen molar-refractivity contribution in [1.29, 1.82) is 0 Å². The fraction of sp³-hybridized carbons (Fsp3) is 0.600. The lowest BCUT2D eigenvalue weighted by molar-refractivity contribution is 0.271. The first kappa shape index (κ1) is 16.1. The number of nitrogens with zero attached hydrogens (tertiary/aromatic N) is 1. The standard InChI is InChI=1S/C15H23NO4S/c1-19-14-7-6-12(11-15(14)20-2)13-5-4-8-16(13)9-10-21(3,17)18/h6-7,11,13H,4-5,8-10H2,1-3H3. The summed E-state index contributed by atoms with van der Waals surface area (Å²) >= 11 is 0. The molecule has 0 N–H and O–H groups in total. The molecule has 0 amide bonds. The predicted molar refractivity (Wildman–Crippen MR) is 82.8 cm³/mol. The van der Waals surface area contributed by atoms with E-state index in [9.17, 15) is 8.42 Å². The molecule has 6 heteroatoms. The number of hydrogen-bond acceptors (Lipinski definition) is 5. The van der Waals surface area contributed by atoms with E-state index < -0.39 is 9.84 Å². The fourth-order valence-electron chi connectivity index (χ4n) is 2.81. The number of hydrogen-bond donors (Lipinski definition) is 0. The van der Waals surface area contributed by atoms with Crippen LogP contribution in [0.15, 0.2) is 18.2 Å². The molecular formula is C15H23NO4S. The summed E-state index contributed by atoms with van der Waals surface area (Å²) in [7, 11) is 0.312. The van der Waals surface area contributed by atoms with E-state index >= 15 is 0 Å². The topological polar surface area (TPSA) is 55.8 Å². The van der Waals surface area contributed by atoms with Gasteiger partial charge in [-0.2, -0.15) is 0 Å². The monoisotopic (exact) mass is 313 g/mol. The van der Waals surface area contributed by atoms with Gasteiger partial charge in [0.05, 0.1) is 20.0 Å². The lowest BCUT2D eigenvalue weighted by Crippen LogP contribution is -2.28. The van der Waals surface area contributed by atoms with E-state index in [4.69, 9.17) is 9.47 Å². The van der Waals surface area contributed by atoms with E-state index in [1.807, 2.05) is 18.2 Å². The molecule has 1 saturated heterocycles. The van der Waals surface area contributed by atoms with Crippen molar-refractivity contribution in [3.8, 4) is 11.5 Å². The molecule has 0 radical (unpaired) electrons. The molecule has 21 heavy (non-hydrogen) atoms. The summed E-state index contributed by atoms with van der Waals surface area (Å²) in [6, 6.07) is 6.18. The Kier molecular flexibility index (Phi) is 5.11. The minimum atomic E-state index is -2.93. The average Bonchev–Trinajstić information content (AvgIpc) is 2.92. The van der Waals surface area contributed by atoms with Crippen molar-refractivity contribution in [2.24, 2.45) is 0 Å². The van der Waals surface area contributed by atoms with Gasteiger partial charge in [0.15, 0.2) is 11.5 Å². The van der Waals surface area contributed by atoms with Crippen molar-refractivity contribution < 1.29 is 17.9 Å². The van der Waals surface area contributed by atoms with Crippen LogP contribution < -0.4 is 9.47 Å². The van der Waals surface area contributed by atoms with Crippen molar-refractivity contribution >= 4 is 9.84 Å². The number of rotatable bonds is 6. The van der Waals surface area contributed by atoms with Gasteiger partial charge in [-0.05, 0) is 37.1 Å². The molecule has 118 valence electrons. The van der Waals surface area contributed by atoms with Gasteiger partial charge in [0.25, 0.3) is 0 Å². The van der Waals surface area contributed by atoms with E-state index in [1.54, 1.807) is 14.2 Å². The molecule has 1 aliphatic heterocycles. The predicted octanol–water partition coefficient (Wildman–Crippen LogP) is 1.89. The molecule has 1 aromatic carbocycles. The van der Waals surface area contributed by atoms with Crippen molar-refractivity contribution in [2.45, 2.75) is 18.9 Å². The Morgan fingerprint density at radius 1 is 1.24 bits per heavy atom. The molecule has 5 nitrogen and oxygen atoms in total. The number of likely N-dealkylation sites (tertiary alicyclic amines) is 1. The molecule has 1 atom stereocenters. The average molecular weight is 313 g/mol. The summed E-state index contributed by atoms with van der Waals surface area (Å²) in [4.78, 5) is 2.24. The number of methoxy groups -OCH3 is 2. The quantitative estimate of drug-likeness (QED) is 0.803. The van der Waals surface area contributed by atoms with Crippen LogP contribution in [-0.4, -0.2) is 52.6 Å². The third-order valence-corrected chi connectivity index (χ3v) is 4.83. The Hall–Kier alpha value is -1.27. The maximum atomic E-state index is 11.4. The first-order valence-electron chi connectivity index (χ1n) is 7.08. The first-order valence-corrected chi connectivity index (χ1v) is 9.14. The van der Waals surface area contributed by atoms with Gasteiger partial charge < -0.3 is 9.47 Å². The molecular weight excluding hydrogens is 290 g/mol. The van der Waals surface area contributed by atoms with Crippen LogP contribution in [0.4, 0.5) is 0 Å². The Labute approximate surface area is 126 Å². The summed E-state index contributed by atoms with van der Waals surface area (Å²) in [5.41, 5.74) is 1.15. The van der Waals surface area contributed by atoms with Crippen LogP contribution >= 0.6 is 0 Å². The van der Waals surface area contributed by atoms with Gasteiger partial charge in [0.2, 0.25) is 0 Å². The Bertz CT molecular complexity index is 585. The third-order valence-electron chi connectivity index (χ3n) is 3.91. The van der Waals surface area contributed by atoms with Gasteiger partial charge in [-0.25, -0.2) is 8.42 Å². The van der Waals surface area contributed by atoms with E-state index in [2.05, 4.69) is 4.90 Å². The Balaban J connectivity index is 2.16. The second-order valence-corrected chi connectivity index (χ2v) is 7.70. The van der Waals surface area contributed by atoms with Gasteiger partial charge >= 0.3 is 0 Å². The van der Waals surface area contributed by atoms with Gasteiger partial charge in [-0.15, -0.1) is 0 Å². The zero-order chi connectivity index (χ0) is 15.5. The Morgan fingerprint density at radius 3 is 2.57 bits per heavy atom. The number of sulfone groups is 1. The van der Waals surface area contributed by atoms with Crippen LogP contribution in [0.2, 0.25) is 0 Å². The Morgan fingerprint density at radius 2 is 1.95 bits per heavy atom. The normalized spacial score (nSPS) is 19.7. The molecule has 0 bridgehead atoms. The molecule has 0 spiro atoms. The summed E-state index contributed by atoms with van der Waals surface area (Å²) in [6.45, 7) is 1.52. The van der Waals surface area contributed by atoms with Crippen LogP contribution in [0.5, 0.6) is 11.5 Å². The molecule has 0 aliphatic carbocycles. The fourth-order valence-corrected chi connectivity index (χ4v) is 3.38. The second-order valence-electron chi connectivity index (χ2n) is 5.44. The molecule has 1 heterocycles. The molecule has 0 saturated carbocycles. The lowest BCUT2D eigenvalue weighted by atomic mass is 10.0. The summed E-state index contributed by atoms with van der Waals surface area (Å²) in [5.74, 6) is 1.63. The van der Waals surface area contributed by atoms with Gasteiger partial charge in [0.1, 0.15) is 9.84 Å². The summed E-state index contributed by atoms with van der Waals surface area (Å²) < 4.78 is 33.3. The van der Waals surface area contributed by atoms with E-state index in [0.717, 1.165) is 24.9 Å². The minimum Gasteiger partial charge on any atom is -0.493 e. The van der Waals surface area contributed by atoms with Crippen LogP contribution in [0, 0.1) is 0 Å². The summed E-state index contributed by atoms with van der Waals surface area (Å²) in [5, 5.41) is 0. The highest BCUT2D eigenvalue weighted by molar-refractivity contribution is 7.90. The highest BCUT2D eigenvalue weighted by Crippen LogP contribution is 2.36. The van der Waals surface area contributed by atoms with Crippen LogP contribution in [-0.2, 0) is 9.84 Å². The van der Waals surface area contributed by atoms with Crippen molar-refractivity contribution in [2.75, 3.05) is 39.3 Å². The maximum Gasteiger partial charge on any atom is 0.161 e. The highest BCUT2D eigenvalue weighted by atomic mass is 32.2. The first-order chi connectivity index (χ1) is 9.94. The van der Waals surface area contributed by atoms with Crippen LogP contribution in [0.25, 0.3) is 0 Å². The van der Waals surface area contributed by atoms with Gasteiger partial charge in [-0.1, -0.05) is 6.07 Å². The minimum absolute atomic E-state index is 0.205. The molecule has 1 aromatic rings.